The molecule has 2 rings (SSSR count). The van der Waals surface area contributed by atoms with E-state index in [1.165, 1.54) is 13.2 Å². The van der Waals surface area contributed by atoms with Crippen molar-refractivity contribution in [3.63, 3.8) is 0 Å². The van der Waals surface area contributed by atoms with Crippen molar-refractivity contribution in [1.82, 2.24) is 0 Å². The Morgan fingerprint density at radius 2 is 1.82 bits per heavy atom. The van der Waals surface area contributed by atoms with Crippen LogP contribution in [0.1, 0.15) is 45.1 Å². The molecule has 0 spiro atoms. The van der Waals surface area contributed by atoms with Crippen molar-refractivity contribution in [2.75, 3.05) is 7.11 Å². The highest BCUT2D eigenvalue weighted by atomic mass is 19.1. The smallest absolute Gasteiger partial charge is 0.165 e. The van der Waals surface area contributed by atoms with E-state index in [0.29, 0.717) is 11.5 Å². The van der Waals surface area contributed by atoms with Crippen LogP contribution in [0.25, 0.3) is 0 Å². The number of ether oxygens (including phenoxy) is 1. The van der Waals surface area contributed by atoms with Gasteiger partial charge in [0.25, 0.3) is 0 Å². The normalized spacial score (nSPS) is 21.5. The summed E-state index contributed by atoms with van der Waals surface area (Å²) >= 11 is 0. The van der Waals surface area contributed by atoms with Crippen LogP contribution >= 0.6 is 0 Å². The zero-order valence-corrected chi connectivity index (χ0v) is 10.9. The van der Waals surface area contributed by atoms with Crippen LogP contribution in [0.15, 0.2) is 12.1 Å². The molecule has 96 valence electrons. The molecule has 2 atom stereocenters. The first-order chi connectivity index (χ1) is 8.19. The fraction of sp³-hybridized carbons (Fsp3) is 0.571. The molecule has 0 N–H and O–H groups in total. The summed E-state index contributed by atoms with van der Waals surface area (Å²) in [6.45, 7) is 6.06. The highest BCUT2D eigenvalue weighted by Crippen LogP contribution is 2.53. The molecular weight excluding hydrogens is 222 g/mol. The Hall–Kier alpha value is -1.12. The van der Waals surface area contributed by atoms with Crippen LogP contribution in [0.2, 0.25) is 0 Å². The molecule has 0 saturated heterocycles. The van der Waals surface area contributed by atoms with Gasteiger partial charge in [-0.15, -0.1) is 0 Å². The first kappa shape index (κ1) is 13.9. The Kier molecular flexibility index (Phi) is 4.91. The molecule has 0 radical (unpaired) electrons. The number of hydrogen-bond donors (Lipinski definition) is 0. The van der Waals surface area contributed by atoms with Gasteiger partial charge in [-0.1, -0.05) is 27.2 Å². The summed E-state index contributed by atoms with van der Waals surface area (Å²) in [5.41, 5.74) is 0.421. The maximum absolute atomic E-state index is 13.6. The quantitative estimate of drug-likeness (QED) is 0.757. The molecule has 1 fully saturated rings. The average molecular weight is 242 g/mol. The fourth-order valence-corrected chi connectivity index (χ4v) is 2.15. The second kappa shape index (κ2) is 5.99. The number of rotatable bonds is 3. The van der Waals surface area contributed by atoms with Crippen LogP contribution in [-0.4, -0.2) is 7.11 Å². The molecule has 0 heterocycles. The Morgan fingerprint density at radius 1 is 1.24 bits per heavy atom. The molecule has 1 nitrogen and oxygen atoms in total. The maximum Gasteiger partial charge on any atom is 0.165 e. The fourth-order valence-electron chi connectivity index (χ4n) is 2.15. The Labute approximate surface area is 102 Å². The molecule has 0 bridgehead atoms. The van der Waals surface area contributed by atoms with E-state index in [1.807, 2.05) is 13.8 Å². The van der Waals surface area contributed by atoms with E-state index in [2.05, 4.69) is 6.92 Å². The van der Waals surface area contributed by atoms with Gasteiger partial charge < -0.3 is 4.74 Å². The Morgan fingerprint density at radius 3 is 2.29 bits per heavy atom. The van der Waals surface area contributed by atoms with Crippen molar-refractivity contribution >= 4 is 0 Å². The lowest BCUT2D eigenvalue weighted by Gasteiger charge is -2.10. The van der Waals surface area contributed by atoms with Crippen molar-refractivity contribution < 1.29 is 13.5 Å². The highest BCUT2D eigenvalue weighted by Gasteiger charge is 2.41. The van der Waals surface area contributed by atoms with Gasteiger partial charge in [0, 0.05) is 5.56 Å². The van der Waals surface area contributed by atoms with Gasteiger partial charge in [0.1, 0.15) is 5.82 Å². The van der Waals surface area contributed by atoms with Crippen LogP contribution in [0.5, 0.6) is 5.75 Å². The summed E-state index contributed by atoms with van der Waals surface area (Å²) in [6.07, 6.45) is 1.94. The second-order valence-corrected chi connectivity index (χ2v) is 3.99. The van der Waals surface area contributed by atoms with Crippen LogP contribution in [0.4, 0.5) is 8.78 Å². The number of methoxy groups -OCH3 is 1. The topological polar surface area (TPSA) is 9.23 Å². The molecule has 0 aromatic heterocycles. The molecule has 17 heavy (non-hydrogen) atoms. The van der Waals surface area contributed by atoms with Crippen LogP contribution in [-0.2, 0) is 0 Å². The molecule has 1 aromatic carbocycles. The van der Waals surface area contributed by atoms with Gasteiger partial charge in [0.2, 0.25) is 0 Å². The third-order valence-electron chi connectivity index (χ3n) is 3.12. The minimum atomic E-state index is -0.476. The number of hydrogen-bond acceptors (Lipinski definition) is 1. The van der Waals surface area contributed by atoms with Crippen molar-refractivity contribution in [3.8, 4) is 5.75 Å². The number of halogens is 2. The first-order valence-corrected chi connectivity index (χ1v) is 6.20. The summed E-state index contributed by atoms with van der Waals surface area (Å²) in [5.74, 6) is -0.128. The van der Waals surface area contributed by atoms with Gasteiger partial charge >= 0.3 is 0 Å². The lowest BCUT2D eigenvalue weighted by atomic mass is 10.1. The third kappa shape index (κ3) is 2.76. The molecular formula is C14H20F2O. The lowest BCUT2D eigenvalue weighted by molar-refractivity contribution is 0.375. The lowest BCUT2D eigenvalue weighted by Crippen LogP contribution is -1.98. The van der Waals surface area contributed by atoms with Crippen LogP contribution in [0, 0.1) is 17.6 Å². The predicted octanol–water partition coefficient (Wildman–Crippen LogP) is 4.51. The average Bonchev–Trinajstić information content (AvgIpc) is 3.13. The SMILES string of the molecule is CC.CCC1CC1c1c(F)ccc(F)c1OC. The second-order valence-electron chi connectivity index (χ2n) is 3.99. The Bertz CT molecular complexity index is 377. The molecule has 1 aliphatic carbocycles. The third-order valence-corrected chi connectivity index (χ3v) is 3.12. The molecule has 3 heteroatoms. The van der Waals surface area contributed by atoms with Crippen molar-refractivity contribution in [3.05, 3.63) is 29.3 Å². The minimum absolute atomic E-state index is 0.0796. The van der Waals surface area contributed by atoms with Crippen LogP contribution in [0.3, 0.4) is 0 Å². The van der Waals surface area contributed by atoms with Gasteiger partial charge in [-0.2, -0.15) is 0 Å². The monoisotopic (exact) mass is 242 g/mol. The summed E-state index contributed by atoms with van der Waals surface area (Å²) in [4.78, 5) is 0. The maximum atomic E-state index is 13.6. The Balaban J connectivity index is 0.000000686. The highest BCUT2D eigenvalue weighted by molar-refractivity contribution is 5.41. The largest absolute Gasteiger partial charge is 0.493 e. The van der Waals surface area contributed by atoms with Gasteiger partial charge in [-0.05, 0) is 30.4 Å². The first-order valence-electron chi connectivity index (χ1n) is 6.20. The van der Waals surface area contributed by atoms with E-state index in [9.17, 15) is 8.78 Å². The zero-order valence-electron chi connectivity index (χ0n) is 10.9. The molecule has 1 saturated carbocycles. The summed E-state index contributed by atoms with van der Waals surface area (Å²) in [7, 11) is 1.38. The predicted molar refractivity (Wildman–Crippen MR) is 65.4 cm³/mol. The minimum Gasteiger partial charge on any atom is -0.493 e. The van der Waals surface area contributed by atoms with E-state index in [4.69, 9.17) is 4.74 Å². The summed E-state index contributed by atoms with van der Waals surface area (Å²) in [6, 6.07) is 2.29. The van der Waals surface area contributed by atoms with Crippen molar-refractivity contribution in [1.29, 1.82) is 0 Å². The van der Waals surface area contributed by atoms with Crippen molar-refractivity contribution in [2.45, 2.75) is 39.5 Å². The molecule has 1 aromatic rings. The van der Waals surface area contributed by atoms with E-state index >= 15 is 0 Å². The summed E-state index contributed by atoms with van der Waals surface area (Å²) < 4.78 is 31.9. The van der Waals surface area contributed by atoms with E-state index in [0.717, 1.165) is 18.9 Å². The molecule has 0 amide bonds. The summed E-state index contributed by atoms with van der Waals surface area (Å²) in [5, 5.41) is 0. The van der Waals surface area contributed by atoms with Gasteiger partial charge in [-0.3, -0.25) is 0 Å². The van der Waals surface area contributed by atoms with E-state index in [1.54, 1.807) is 0 Å². The van der Waals surface area contributed by atoms with E-state index in [-0.39, 0.29) is 17.5 Å². The van der Waals surface area contributed by atoms with Gasteiger partial charge in [0.05, 0.1) is 7.11 Å². The number of benzene rings is 1. The molecule has 1 aliphatic rings. The van der Waals surface area contributed by atoms with E-state index < -0.39 is 5.82 Å². The molecule has 0 aliphatic heterocycles. The standard InChI is InChI=1S/C12H14F2O.C2H6/c1-3-7-6-8(7)11-9(13)4-5-10(14)12(11)15-2;1-2/h4-5,7-8H,3,6H2,1-2H3;1-2H3. The molecule has 2 unspecified atom stereocenters. The van der Waals surface area contributed by atoms with Gasteiger partial charge in [0.15, 0.2) is 11.6 Å². The van der Waals surface area contributed by atoms with Crippen molar-refractivity contribution in [2.24, 2.45) is 5.92 Å². The van der Waals surface area contributed by atoms with Gasteiger partial charge in [-0.25, -0.2) is 8.78 Å². The zero-order chi connectivity index (χ0) is 13.0. The van der Waals surface area contributed by atoms with Crippen LogP contribution < -0.4 is 4.74 Å².